The lowest BCUT2D eigenvalue weighted by molar-refractivity contribution is -0.224. The highest BCUT2D eigenvalue weighted by molar-refractivity contribution is 5.03. The van der Waals surface area contributed by atoms with Gasteiger partial charge in [-0.2, -0.15) is 0 Å². The maximum absolute atomic E-state index is 5.64. The van der Waals surface area contributed by atoms with Crippen LogP contribution in [0.15, 0.2) is 24.4 Å². The fourth-order valence-electron chi connectivity index (χ4n) is 1.70. The van der Waals surface area contributed by atoms with Crippen molar-refractivity contribution >= 4 is 0 Å². The van der Waals surface area contributed by atoms with E-state index in [4.69, 9.17) is 9.47 Å². The standard InChI is InChI=1S/C13H21NO2/c1-4-15-13(3,16-5-2)10-9-12-8-6-7-11-14-12/h6-8,11H,4-5,9-10H2,1-3H3. The highest BCUT2D eigenvalue weighted by Crippen LogP contribution is 2.19. The first-order chi connectivity index (χ1) is 7.70. The molecule has 0 spiro atoms. The predicted octanol–water partition coefficient (Wildman–Crippen LogP) is 2.80. The second-order valence-corrected chi connectivity index (χ2v) is 3.82. The van der Waals surface area contributed by atoms with Crippen LogP contribution < -0.4 is 0 Å². The van der Waals surface area contributed by atoms with Crippen LogP contribution in [0.4, 0.5) is 0 Å². The zero-order valence-electron chi connectivity index (χ0n) is 10.4. The summed E-state index contributed by atoms with van der Waals surface area (Å²) >= 11 is 0. The van der Waals surface area contributed by atoms with Crippen molar-refractivity contribution < 1.29 is 9.47 Å². The molecule has 0 unspecified atom stereocenters. The Kier molecular flexibility index (Phi) is 5.43. The topological polar surface area (TPSA) is 31.4 Å². The van der Waals surface area contributed by atoms with Gasteiger partial charge >= 0.3 is 0 Å². The summed E-state index contributed by atoms with van der Waals surface area (Å²) in [6.45, 7) is 7.29. The number of rotatable bonds is 7. The molecule has 0 radical (unpaired) electrons. The van der Waals surface area contributed by atoms with Crippen molar-refractivity contribution in [3.8, 4) is 0 Å². The van der Waals surface area contributed by atoms with Crippen molar-refractivity contribution in [2.24, 2.45) is 0 Å². The molecule has 90 valence electrons. The van der Waals surface area contributed by atoms with Crippen LogP contribution in [0.5, 0.6) is 0 Å². The number of pyridine rings is 1. The third kappa shape index (κ3) is 4.29. The smallest absolute Gasteiger partial charge is 0.165 e. The van der Waals surface area contributed by atoms with Crippen molar-refractivity contribution in [3.05, 3.63) is 30.1 Å². The van der Waals surface area contributed by atoms with Crippen molar-refractivity contribution in [1.29, 1.82) is 0 Å². The fraction of sp³-hybridized carbons (Fsp3) is 0.615. The lowest BCUT2D eigenvalue weighted by Gasteiger charge is -2.29. The Balaban J connectivity index is 2.49. The molecule has 0 amide bonds. The van der Waals surface area contributed by atoms with Gasteiger partial charge in [-0.1, -0.05) is 6.07 Å². The number of nitrogens with zero attached hydrogens (tertiary/aromatic N) is 1. The van der Waals surface area contributed by atoms with Crippen LogP contribution in [-0.4, -0.2) is 24.0 Å². The van der Waals surface area contributed by atoms with Gasteiger partial charge in [-0.25, -0.2) is 0 Å². The van der Waals surface area contributed by atoms with Gasteiger partial charge in [-0.15, -0.1) is 0 Å². The van der Waals surface area contributed by atoms with Crippen LogP contribution in [0.25, 0.3) is 0 Å². The number of hydrogen-bond donors (Lipinski definition) is 0. The summed E-state index contributed by atoms with van der Waals surface area (Å²) in [7, 11) is 0. The van der Waals surface area contributed by atoms with Gasteiger partial charge in [-0.3, -0.25) is 4.98 Å². The maximum atomic E-state index is 5.64. The van der Waals surface area contributed by atoms with E-state index in [9.17, 15) is 0 Å². The quantitative estimate of drug-likeness (QED) is 0.666. The molecule has 0 aliphatic heterocycles. The summed E-state index contributed by atoms with van der Waals surface area (Å²) in [5.41, 5.74) is 1.08. The van der Waals surface area contributed by atoms with E-state index in [1.807, 2.05) is 45.2 Å². The summed E-state index contributed by atoms with van der Waals surface area (Å²) < 4.78 is 11.3. The van der Waals surface area contributed by atoms with E-state index in [0.29, 0.717) is 13.2 Å². The Labute approximate surface area is 97.8 Å². The van der Waals surface area contributed by atoms with E-state index in [2.05, 4.69) is 4.98 Å². The molecule has 3 heteroatoms. The average molecular weight is 223 g/mol. The minimum absolute atomic E-state index is 0.485. The molecule has 3 nitrogen and oxygen atoms in total. The third-order valence-corrected chi connectivity index (χ3v) is 2.46. The van der Waals surface area contributed by atoms with Crippen LogP contribution >= 0.6 is 0 Å². The molecule has 0 saturated carbocycles. The molecule has 0 N–H and O–H groups in total. The van der Waals surface area contributed by atoms with Crippen molar-refractivity contribution in [2.45, 2.75) is 39.4 Å². The number of aryl methyl sites for hydroxylation is 1. The van der Waals surface area contributed by atoms with E-state index in [-0.39, 0.29) is 0 Å². The molecule has 0 aliphatic rings. The highest BCUT2D eigenvalue weighted by atomic mass is 16.7. The van der Waals surface area contributed by atoms with Crippen LogP contribution in [0, 0.1) is 0 Å². The number of hydrogen-bond acceptors (Lipinski definition) is 3. The molecule has 1 aromatic heterocycles. The second-order valence-electron chi connectivity index (χ2n) is 3.82. The summed E-state index contributed by atoms with van der Waals surface area (Å²) in [6.07, 6.45) is 3.51. The summed E-state index contributed by atoms with van der Waals surface area (Å²) in [4.78, 5) is 4.29. The van der Waals surface area contributed by atoms with Crippen LogP contribution in [0.1, 0.15) is 32.9 Å². The lowest BCUT2D eigenvalue weighted by atomic mass is 10.1. The molecule has 1 heterocycles. The zero-order chi connectivity index (χ0) is 11.9. The normalized spacial score (nSPS) is 11.7. The van der Waals surface area contributed by atoms with E-state index in [1.165, 1.54) is 0 Å². The Morgan fingerprint density at radius 2 is 1.88 bits per heavy atom. The lowest BCUT2D eigenvalue weighted by Crippen LogP contribution is -2.33. The van der Waals surface area contributed by atoms with Crippen molar-refractivity contribution in [2.75, 3.05) is 13.2 Å². The van der Waals surface area contributed by atoms with Gasteiger partial charge in [0, 0.05) is 31.5 Å². The Morgan fingerprint density at radius 3 is 2.38 bits per heavy atom. The molecule has 0 fully saturated rings. The molecule has 0 aromatic carbocycles. The summed E-state index contributed by atoms with van der Waals surface area (Å²) in [5, 5.41) is 0. The van der Waals surface area contributed by atoms with Crippen LogP contribution in [0.3, 0.4) is 0 Å². The average Bonchev–Trinajstić information content (AvgIpc) is 2.29. The fourth-order valence-corrected chi connectivity index (χ4v) is 1.70. The first-order valence-electron chi connectivity index (χ1n) is 5.88. The number of aromatic nitrogens is 1. The minimum atomic E-state index is -0.485. The summed E-state index contributed by atoms with van der Waals surface area (Å²) in [6, 6.07) is 5.95. The second kappa shape index (κ2) is 6.61. The molecule has 0 bridgehead atoms. The van der Waals surface area contributed by atoms with Gasteiger partial charge in [0.25, 0.3) is 0 Å². The first kappa shape index (κ1) is 13.1. The maximum Gasteiger partial charge on any atom is 0.165 e. The van der Waals surface area contributed by atoms with Crippen molar-refractivity contribution in [3.63, 3.8) is 0 Å². The minimum Gasteiger partial charge on any atom is -0.351 e. The molecule has 0 saturated heterocycles. The van der Waals surface area contributed by atoms with E-state index >= 15 is 0 Å². The monoisotopic (exact) mass is 223 g/mol. The third-order valence-electron chi connectivity index (χ3n) is 2.46. The molecule has 16 heavy (non-hydrogen) atoms. The molecule has 0 atom stereocenters. The van der Waals surface area contributed by atoms with E-state index in [0.717, 1.165) is 18.5 Å². The molecular formula is C13H21NO2. The highest BCUT2D eigenvalue weighted by Gasteiger charge is 2.24. The molecule has 0 aliphatic carbocycles. The van der Waals surface area contributed by atoms with Gasteiger partial charge in [0.2, 0.25) is 0 Å². The van der Waals surface area contributed by atoms with Crippen LogP contribution in [-0.2, 0) is 15.9 Å². The van der Waals surface area contributed by atoms with E-state index in [1.54, 1.807) is 0 Å². The zero-order valence-corrected chi connectivity index (χ0v) is 10.4. The molecular weight excluding hydrogens is 202 g/mol. The predicted molar refractivity (Wildman–Crippen MR) is 64.2 cm³/mol. The van der Waals surface area contributed by atoms with Gasteiger partial charge in [-0.05, 0) is 39.3 Å². The van der Waals surface area contributed by atoms with Gasteiger partial charge in [0.1, 0.15) is 0 Å². The molecule has 1 rings (SSSR count). The molecule has 1 aromatic rings. The number of ether oxygens (including phenoxy) is 2. The van der Waals surface area contributed by atoms with Gasteiger partial charge < -0.3 is 9.47 Å². The van der Waals surface area contributed by atoms with Gasteiger partial charge in [0.15, 0.2) is 5.79 Å². The van der Waals surface area contributed by atoms with Gasteiger partial charge in [0.05, 0.1) is 0 Å². The van der Waals surface area contributed by atoms with E-state index < -0.39 is 5.79 Å². The summed E-state index contributed by atoms with van der Waals surface area (Å²) in [5.74, 6) is -0.485. The Bertz CT molecular complexity index is 281. The van der Waals surface area contributed by atoms with Crippen LogP contribution in [0.2, 0.25) is 0 Å². The van der Waals surface area contributed by atoms with Crippen molar-refractivity contribution in [1.82, 2.24) is 4.98 Å². The Hall–Kier alpha value is -0.930. The SMILES string of the molecule is CCOC(C)(CCc1ccccn1)OCC. The largest absolute Gasteiger partial charge is 0.351 e. The Morgan fingerprint density at radius 1 is 1.19 bits per heavy atom. The first-order valence-corrected chi connectivity index (χ1v) is 5.88.